The number of nitrogens with one attached hydrogen (secondary N) is 1. The van der Waals surface area contributed by atoms with E-state index in [1.54, 1.807) is 125 Å². The molecular formula is C72H93NO20. The van der Waals surface area contributed by atoms with Gasteiger partial charge in [0.2, 0.25) is 0 Å². The van der Waals surface area contributed by atoms with Gasteiger partial charge < -0.3 is 87.7 Å². The number of benzene rings is 3. The first-order valence-electron chi connectivity index (χ1n) is 32.0. The van der Waals surface area contributed by atoms with Gasteiger partial charge in [-0.1, -0.05) is 141 Å². The van der Waals surface area contributed by atoms with E-state index in [-0.39, 0.29) is 50.9 Å². The molecule has 6 bridgehead atoms. The molecule has 0 aliphatic carbocycles. The zero-order chi connectivity index (χ0) is 66.6. The lowest BCUT2D eigenvalue weighted by Crippen LogP contribution is -2.64. The van der Waals surface area contributed by atoms with E-state index in [4.69, 9.17) is 56.8 Å². The third-order valence-corrected chi connectivity index (χ3v) is 17.8. The second-order valence-corrected chi connectivity index (χ2v) is 24.3. The fourth-order valence-electron chi connectivity index (χ4n) is 12.2. The van der Waals surface area contributed by atoms with Crippen molar-refractivity contribution < 1.29 is 96.8 Å². The van der Waals surface area contributed by atoms with Crippen LogP contribution in [0, 0.1) is 17.8 Å². The highest BCUT2D eigenvalue weighted by Crippen LogP contribution is 2.44. The maximum absolute atomic E-state index is 13.9. The summed E-state index contributed by atoms with van der Waals surface area (Å²) in [7, 11) is 5.76. The summed E-state index contributed by atoms with van der Waals surface area (Å²) in [5.74, 6) is -4.19. The molecule has 21 atom stereocenters. The SMILES string of the molecule is COC(=O)[C@H]1[C@@H]2C[C@@H](O[C@@H]3O[C@H](C)[C@@H](O)[C@H](NC(=O)c4ccccc4)[C@@H]3O)/C=C/C=C/C=C/C=C/C=C/C=C/C=C/[C@H](C)[C@@H](O)[C@@H](C)[C@H](C)OC(=O)C[C@H]3CC(CC[C@@H](O)[C@H]4CC(C[C@](OC)(C[C@@H]1O)O2)OC(c1ccc(OC)cc1)O4)OC(c1ccc(OC)cc1)O3. The number of allylic oxidation sites excluding steroid dienone is 12. The summed E-state index contributed by atoms with van der Waals surface area (Å²) in [6.07, 6.45) is 9.51. The molecule has 21 heteroatoms. The molecule has 5 aliphatic rings. The zero-order valence-electron chi connectivity index (χ0n) is 54.2. The van der Waals surface area contributed by atoms with E-state index in [2.05, 4.69) is 5.32 Å². The molecule has 0 saturated carbocycles. The molecule has 4 unspecified atom stereocenters. The van der Waals surface area contributed by atoms with Crippen molar-refractivity contribution in [1.29, 1.82) is 0 Å². The number of esters is 2. The number of carbonyl (C=O) groups is 3. The van der Waals surface area contributed by atoms with Gasteiger partial charge in [-0.2, -0.15) is 0 Å². The molecule has 3 aromatic rings. The van der Waals surface area contributed by atoms with Gasteiger partial charge in [0.15, 0.2) is 24.7 Å². The smallest absolute Gasteiger partial charge is 0.313 e. The number of hydrogen-bond donors (Lipinski definition) is 6. The lowest BCUT2D eigenvalue weighted by molar-refractivity contribution is -0.333. The molecule has 1 amide bonds. The van der Waals surface area contributed by atoms with Gasteiger partial charge in [0.25, 0.3) is 5.91 Å². The highest BCUT2D eigenvalue weighted by atomic mass is 16.7. The summed E-state index contributed by atoms with van der Waals surface area (Å²) in [6.45, 7) is 7.10. The maximum atomic E-state index is 13.9. The van der Waals surface area contributed by atoms with Crippen LogP contribution < -0.4 is 14.8 Å². The third kappa shape index (κ3) is 20.2. The summed E-state index contributed by atoms with van der Waals surface area (Å²) >= 11 is 0. The van der Waals surface area contributed by atoms with Gasteiger partial charge in [0.1, 0.15) is 35.7 Å². The standard InChI is InChI=1S/C72H93NO20/c1-44-24-20-17-15-13-11-9-10-12-14-16-18-23-27-53(89-71-66(79)63(65(78)47(4)87-71)73-67(80)48-25-21-19-22-26-48)39-60-62(68(81)84-7)58(75)43-72(85-8,93-60)42-56-40-59(92-70(91-56)50-30-34-52(83-6)35-31-50)57(74)37-36-54-38-55(41-61(76)86-46(3)45(2)64(44)77)90-69(88-54)49-28-32-51(82-5)33-29-49/h9-35,44-47,53-60,62-66,69-71,74-75,77-79H,36-43H2,1-8H3,(H,73,80)/b10-9+,13-11+,14-12+,17-15+,18-16+,24-20+,27-23+/t44-,45-,46-,47+,53-,54?,55+,56?,57+,58-,59+,60-,62+,63-,64+,65+,66-,69?,70?,71-,72+/m0/s1. The first kappa shape index (κ1) is 72.2. The number of fused-ring (bicyclic) bond motifs is 6. The number of aliphatic hydroxyl groups excluding tert-OH is 5. The molecule has 8 rings (SSSR count). The first-order chi connectivity index (χ1) is 44.8. The van der Waals surface area contributed by atoms with E-state index in [1.165, 1.54) is 14.2 Å². The van der Waals surface area contributed by atoms with E-state index in [9.17, 15) is 39.9 Å². The Bertz CT molecular complexity index is 3040. The van der Waals surface area contributed by atoms with E-state index in [0.29, 0.717) is 34.6 Å². The number of cyclic esters (lactones) is 1. The highest BCUT2D eigenvalue weighted by molar-refractivity contribution is 5.94. The van der Waals surface area contributed by atoms with Crippen molar-refractivity contribution in [2.24, 2.45) is 17.8 Å². The van der Waals surface area contributed by atoms with E-state index in [1.807, 2.05) is 80.7 Å². The summed E-state index contributed by atoms with van der Waals surface area (Å²) in [4.78, 5) is 41.1. The summed E-state index contributed by atoms with van der Waals surface area (Å²) in [5.41, 5.74) is 1.61. The topological polar surface area (TPSA) is 275 Å². The second-order valence-electron chi connectivity index (χ2n) is 24.3. The van der Waals surface area contributed by atoms with Crippen molar-refractivity contribution in [2.45, 2.75) is 189 Å². The van der Waals surface area contributed by atoms with Crippen LogP contribution >= 0.6 is 0 Å². The van der Waals surface area contributed by atoms with Gasteiger partial charge in [-0.25, -0.2) is 0 Å². The molecule has 4 fully saturated rings. The molecule has 6 N–H and O–H groups in total. The number of ether oxygens (including phenoxy) is 12. The molecular weight excluding hydrogens is 1200 g/mol. The molecule has 5 heterocycles. The van der Waals surface area contributed by atoms with Crippen molar-refractivity contribution in [3.63, 3.8) is 0 Å². The fraction of sp³-hybridized carbons (Fsp3) is 0.514. The maximum Gasteiger partial charge on any atom is 0.313 e. The second kappa shape index (κ2) is 35.2. The van der Waals surface area contributed by atoms with E-state index < -0.39 is 140 Å². The molecule has 0 aromatic heterocycles. The number of aliphatic hydroxyl groups is 5. The van der Waals surface area contributed by atoms with Crippen LogP contribution in [0.4, 0.5) is 0 Å². The normalized spacial score (nSPS) is 37.8. The highest BCUT2D eigenvalue weighted by Gasteiger charge is 2.54. The molecule has 0 spiro atoms. The predicted octanol–water partition coefficient (Wildman–Crippen LogP) is 8.46. The molecule has 21 nitrogen and oxygen atoms in total. The zero-order valence-corrected chi connectivity index (χ0v) is 54.2. The van der Waals surface area contributed by atoms with Gasteiger partial charge in [0, 0.05) is 67.7 Å². The monoisotopic (exact) mass is 1290 g/mol. The summed E-state index contributed by atoms with van der Waals surface area (Å²) in [5, 5.41) is 61.9. The van der Waals surface area contributed by atoms with Crippen LogP contribution in [-0.4, -0.2) is 169 Å². The number of rotatable bonds is 10. The third-order valence-electron chi connectivity index (χ3n) is 17.8. The average Bonchev–Trinajstić information content (AvgIpc) is 0.922. The number of methoxy groups -OCH3 is 4. The number of carbonyl (C=O) groups excluding carboxylic acids is 3. The van der Waals surface area contributed by atoms with Gasteiger partial charge in [-0.05, 0) is 63.1 Å². The first-order valence-corrected chi connectivity index (χ1v) is 32.0. The molecule has 0 radical (unpaired) electrons. The van der Waals surface area contributed by atoms with Crippen LogP contribution in [0.25, 0.3) is 0 Å². The predicted molar refractivity (Wildman–Crippen MR) is 343 cm³/mol. The Morgan fingerprint density at radius 2 is 1.13 bits per heavy atom. The minimum atomic E-state index is -1.65. The van der Waals surface area contributed by atoms with Crippen LogP contribution in [0.5, 0.6) is 11.5 Å². The van der Waals surface area contributed by atoms with Crippen molar-refractivity contribution in [1.82, 2.24) is 5.32 Å². The Morgan fingerprint density at radius 3 is 1.72 bits per heavy atom. The minimum Gasteiger partial charge on any atom is -0.497 e. The molecule has 4 saturated heterocycles. The lowest BCUT2D eigenvalue weighted by atomic mass is 9.82. The van der Waals surface area contributed by atoms with Crippen LogP contribution in [0.3, 0.4) is 0 Å². The fourth-order valence-corrected chi connectivity index (χ4v) is 12.2. The average molecular weight is 1290 g/mol. The Balaban J connectivity index is 1.11. The van der Waals surface area contributed by atoms with Crippen LogP contribution in [0.2, 0.25) is 0 Å². The van der Waals surface area contributed by atoms with Gasteiger partial charge >= 0.3 is 11.9 Å². The van der Waals surface area contributed by atoms with Gasteiger partial charge in [0.05, 0.1) is 94.8 Å². The number of hydrogen-bond acceptors (Lipinski definition) is 20. The van der Waals surface area contributed by atoms with Crippen molar-refractivity contribution in [3.05, 3.63) is 181 Å². The Morgan fingerprint density at radius 1 is 0.559 bits per heavy atom. The number of amides is 1. The molecule has 93 heavy (non-hydrogen) atoms. The molecule has 506 valence electrons. The summed E-state index contributed by atoms with van der Waals surface area (Å²) in [6, 6.07) is 21.5. The largest absolute Gasteiger partial charge is 0.497 e. The lowest BCUT2D eigenvalue weighted by Gasteiger charge is -2.48. The van der Waals surface area contributed by atoms with Crippen molar-refractivity contribution in [3.8, 4) is 11.5 Å². The Labute approximate surface area is 545 Å². The Kier molecular flexibility index (Phi) is 27.3. The van der Waals surface area contributed by atoms with Gasteiger partial charge in [-0.3, -0.25) is 14.4 Å². The van der Waals surface area contributed by atoms with E-state index >= 15 is 0 Å². The Hall–Kier alpha value is -6.67. The van der Waals surface area contributed by atoms with Gasteiger partial charge in [-0.15, -0.1) is 0 Å². The van der Waals surface area contributed by atoms with Crippen LogP contribution in [0.15, 0.2) is 164 Å². The summed E-state index contributed by atoms with van der Waals surface area (Å²) < 4.78 is 74.5. The van der Waals surface area contributed by atoms with Crippen molar-refractivity contribution in [2.75, 3.05) is 28.4 Å². The van der Waals surface area contributed by atoms with Crippen LogP contribution in [0.1, 0.15) is 113 Å². The minimum absolute atomic E-state index is 0.0406. The molecule has 5 aliphatic heterocycles. The molecule has 3 aromatic carbocycles. The van der Waals surface area contributed by atoms with E-state index in [0.717, 1.165) is 0 Å². The van der Waals surface area contributed by atoms with Crippen LogP contribution in [-0.2, 0) is 57.0 Å². The van der Waals surface area contributed by atoms with Crippen molar-refractivity contribution >= 4 is 17.8 Å². The quantitative estimate of drug-likeness (QED) is 0.104.